The summed E-state index contributed by atoms with van der Waals surface area (Å²) in [7, 11) is 0. The molecule has 1 N–H and O–H groups in total. The van der Waals surface area contributed by atoms with Crippen molar-refractivity contribution >= 4 is 28.2 Å². The van der Waals surface area contributed by atoms with Crippen molar-refractivity contribution in [1.82, 2.24) is 15.2 Å². The van der Waals surface area contributed by atoms with Gasteiger partial charge in [0.05, 0.1) is 18.9 Å². The number of carbonyl (C=O) groups excluding carboxylic acids is 1. The van der Waals surface area contributed by atoms with E-state index in [1.54, 1.807) is 6.07 Å². The van der Waals surface area contributed by atoms with Crippen molar-refractivity contribution in [1.29, 1.82) is 0 Å². The van der Waals surface area contributed by atoms with Crippen molar-refractivity contribution in [3.05, 3.63) is 66.1 Å². The maximum atomic E-state index is 14.2. The first-order valence-corrected chi connectivity index (χ1v) is 12.4. The molecule has 0 aliphatic carbocycles. The fourth-order valence-electron chi connectivity index (χ4n) is 4.84. The third-order valence-electron chi connectivity index (χ3n) is 6.82. The Labute approximate surface area is 205 Å². The Hall–Kier alpha value is -3.23. The van der Waals surface area contributed by atoms with Gasteiger partial charge in [0.1, 0.15) is 11.6 Å². The number of amides is 1. The van der Waals surface area contributed by atoms with Crippen LogP contribution in [0.2, 0.25) is 0 Å². The zero-order valence-corrected chi connectivity index (χ0v) is 20.0. The van der Waals surface area contributed by atoms with Crippen LogP contribution in [0.1, 0.15) is 16.8 Å². The Bertz CT molecular complexity index is 1160. The van der Waals surface area contributed by atoms with E-state index in [-0.39, 0.29) is 11.7 Å². The molecule has 35 heavy (non-hydrogen) atoms. The number of ether oxygens (including phenoxy) is 1. The summed E-state index contributed by atoms with van der Waals surface area (Å²) in [5, 5.41) is 5.08. The minimum atomic E-state index is -0.190. The standard InChI is InChI=1S/C27H32FN5O2/c28-24-4-1-2-5-25(24)32-12-14-33(15-13-32)26-23-20-22(7-6-21(23)8-10-29-26)27(34)30-9-3-11-31-16-18-35-19-17-31/h1-2,4-8,10,20H,3,9,11-19H2,(H,30,34). The van der Waals surface area contributed by atoms with Crippen LogP contribution < -0.4 is 15.1 Å². The van der Waals surface area contributed by atoms with Crippen LogP contribution >= 0.6 is 0 Å². The largest absolute Gasteiger partial charge is 0.379 e. The molecule has 0 saturated carbocycles. The zero-order valence-electron chi connectivity index (χ0n) is 20.0. The monoisotopic (exact) mass is 477 g/mol. The van der Waals surface area contributed by atoms with Gasteiger partial charge in [-0.15, -0.1) is 0 Å². The molecular formula is C27H32FN5O2. The van der Waals surface area contributed by atoms with Crippen molar-refractivity contribution in [3.8, 4) is 0 Å². The van der Waals surface area contributed by atoms with E-state index in [9.17, 15) is 9.18 Å². The number of carbonyl (C=O) groups is 1. The third kappa shape index (κ3) is 5.55. The van der Waals surface area contributed by atoms with Crippen LogP contribution in [-0.2, 0) is 4.74 Å². The summed E-state index contributed by atoms with van der Waals surface area (Å²) < 4.78 is 19.6. The predicted molar refractivity (Wildman–Crippen MR) is 137 cm³/mol. The molecule has 2 aliphatic rings. The number of piperazine rings is 1. The summed E-state index contributed by atoms with van der Waals surface area (Å²) in [5.74, 6) is 0.621. The topological polar surface area (TPSA) is 60.9 Å². The smallest absolute Gasteiger partial charge is 0.251 e. The van der Waals surface area contributed by atoms with E-state index in [2.05, 4.69) is 25.0 Å². The Kier molecular flexibility index (Phi) is 7.39. The quantitative estimate of drug-likeness (QED) is 0.528. The normalized spacial score (nSPS) is 17.1. The minimum absolute atomic E-state index is 0.0620. The van der Waals surface area contributed by atoms with E-state index in [1.165, 1.54) is 6.07 Å². The lowest BCUT2D eigenvalue weighted by molar-refractivity contribution is 0.0374. The highest BCUT2D eigenvalue weighted by molar-refractivity contribution is 6.01. The predicted octanol–water partition coefficient (Wildman–Crippen LogP) is 3.15. The molecule has 1 aromatic heterocycles. The SMILES string of the molecule is O=C(NCCCN1CCOCC1)c1ccc2ccnc(N3CCN(c4ccccc4F)CC3)c2c1. The molecule has 2 saturated heterocycles. The number of para-hydroxylation sites is 1. The first-order valence-electron chi connectivity index (χ1n) is 12.4. The first kappa shape index (κ1) is 23.5. The highest BCUT2D eigenvalue weighted by Crippen LogP contribution is 2.28. The third-order valence-corrected chi connectivity index (χ3v) is 6.82. The highest BCUT2D eigenvalue weighted by atomic mass is 19.1. The molecular weight excluding hydrogens is 445 g/mol. The molecule has 0 radical (unpaired) electrons. The lowest BCUT2D eigenvalue weighted by atomic mass is 10.1. The molecule has 2 aromatic carbocycles. The summed E-state index contributed by atoms with van der Waals surface area (Å²) in [6.45, 7) is 8.00. The molecule has 3 heterocycles. The maximum Gasteiger partial charge on any atom is 0.251 e. The summed E-state index contributed by atoms with van der Waals surface area (Å²) in [6.07, 6.45) is 2.73. The number of nitrogens with zero attached hydrogens (tertiary/aromatic N) is 4. The van der Waals surface area contributed by atoms with Crippen LogP contribution in [0.3, 0.4) is 0 Å². The lowest BCUT2D eigenvalue weighted by Gasteiger charge is -2.37. The summed E-state index contributed by atoms with van der Waals surface area (Å²) >= 11 is 0. The van der Waals surface area contributed by atoms with Gasteiger partial charge in [-0.1, -0.05) is 18.2 Å². The van der Waals surface area contributed by atoms with Crippen LogP contribution in [0.5, 0.6) is 0 Å². The maximum absolute atomic E-state index is 14.2. The van der Waals surface area contributed by atoms with Gasteiger partial charge in [-0.3, -0.25) is 9.69 Å². The van der Waals surface area contributed by atoms with Crippen LogP contribution in [0.25, 0.3) is 10.8 Å². The van der Waals surface area contributed by atoms with E-state index in [0.29, 0.717) is 30.9 Å². The van der Waals surface area contributed by atoms with E-state index in [1.807, 2.05) is 42.6 Å². The molecule has 7 nitrogen and oxygen atoms in total. The number of aromatic nitrogens is 1. The number of rotatable bonds is 7. The van der Waals surface area contributed by atoms with Crippen LogP contribution in [0, 0.1) is 5.82 Å². The van der Waals surface area contributed by atoms with E-state index in [0.717, 1.165) is 68.9 Å². The molecule has 1 amide bonds. The van der Waals surface area contributed by atoms with Crippen molar-refractivity contribution in [3.63, 3.8) is 0 Å². The van der Waals surface area contributed by atoms with Crippen molar-refractivity contribution in [2.45, 2.75) is 6.42 Å². The molecule has 2 aliphatic heterocycles. The summed E-state index contributed by atoms with van der Waals surface area (Å²) in [4.78, 5) is 24.2. The number of morpholine rings is 1. The van der Waals surface area contributed by atoms with Crippen LogP contribution in [0.4, 0.5) is 15.9 Å². The summed E-state index contributed by atoms with van der Waals surface area (Å²) in [5.41, 5.74) is 1.29. The van der Waals surface area contributed by atoms with E-state index in [4.69, 9.17) is 4.74 Å². The molecule has 5 rings (SSSR count). The molecule has 0 atom stereocenters. The average molecular weight is 478 g/mol. The van der Waals surface area contributed by atoms with Gasteiger partial charge in [0.2, 0.25) is 0 Å². The number of pyridine rings is 1. The summed E-state index contributed by atoms with van der Waals surface area (Å²) in [6, 6.07) is 14.7. The van der Waals surface area contributed by atoms with Crippen molar-refractivity contribution in [2.24, 2.45) is 0 Å². The number of hydrogen-bond donors (Lipinski definition) is 1. The van der Waals surface area contributed by atoms with E-state index >= 15 is 0 Å². The second kappa shape index (κ2) is 11.0. The number of halogens is 1. The van der Waals surface area contributed by atoms with E-state index < -0.39 is 0 Å². The molecule has 184 valence electrons. The number of nitrogens with one attached hydrogen (secondary N) is 1. The van der Waals surface area contributed by atoms with Crippen molar-refractivity contribution < 1.29 is 13.9 Å². The van der Waals surface area contributed by atoms with Crippen LogP contribution in [-0.4, -0.2) is 81.4 Å². The van der Waals surface area contributed by atoms with Gasteiger partial charge in [0, 0.05) is 63.0 Å². The number of fused-ring (bicyclic) bond motifs is 1. The molecule has 0 spiro atoms. The minimum Gasteiger partial charge on any atom is -0.379 e. The Morgan fingerprint density at radius 2 is 1.74 bits per heavy atom. The highest BCUT2D eigenvalue weighted by Gasteiger charge is 2.22. The molecule has 0 unspecified atom stereocenters. The van der Waals surface area contributed by atoms with Gasteiger partial charge in [0.25, 0.3) is 5.91 Å². The second-order valence-electron chi connectivity index (χ2n) is 9.06. The first-order chi connectivity index (χ1) is 17.2. The zero-order chi connectivity index (χ0) is 24.0. The Morgan fingerprint density at radius 3 is 2.54 bits per heavy atom. The van der Waals surface area contributed by atoms with Gasteiger partial charge < -0.3 is 19.9 Å². The second-order valence-corrected chi connectivity index (χ2v) is 9.06. The fourth-order valence-corrected chi connectivity index (χ4v) is 4.84. The number of hydrogen-bond acceptors (Lipinski definition) is 6. The van der Waals surface area contributed by atoms with Crippen molar-refractivity contribution in [2.75, 3.05) is 75.4 Å². The number of benzene rings is 2. The Balaban J connectivity index is 1.23. The number of anilines is 2. The van der Waals surface area contributed by atoms with Gasteiger partial charge in [-0.05, 0) is 48.7 Å². The average Bonchev–Trinajstić information content (AvgIpc) is 2.91. The fraction of sp³-hybridized carbons (Fsp3) is 0.407. The molecule has 2 fully saturated rings. The molecule has 0 bridgehead atoms. The molecule has 3 aromatic rings. The lowest BCUT2D eigenvalue weighted by Crippen LogP contribution is -2.47. The Morgan fingerprint density at radius 1 is 0.971 bits per heavy atom. The molecule has 8 heteroatoms. The van der Waals surface area contributed by atoms with Gasteiger partial charge in [-0.2, -0.15) is 0 Å². The van der Waals surface area contributed by atoms with Gasteiger partial charge >= 0.3 is 0 Å². The van der Waals surface area contributed by atoms with Gasteiger partial charge in [-0.25, -0.2) is 9.37 Å². The van der Waals surface area contributed by atoms with Gasteiger partial charge in [0.15, 0.2) is 0 Å². The van der Waals surface area contributed by atoms with Crippen LogP contribution in [0.15, 0.2) is 54.7 Å².